The average molecular weight is 413 g/mol. The quantitative estimate of drug-likeness (QED) is 0.589. The van der Waals surface area contributed by atoms with Gasteiger partial charge in [0.25, 0.3) is 0 Å². The second-order valence-corrected chi connectivity index (χ2v) is 7.82. The van der Waals surface area contributed by atoms with Crippen LogP contribution in [0.4, 0.5) is 0 Å². The van der Waals surface area contributed by atoms with Gasteiger partial charge in [0.05, 0.1) is 19.3 Å². The second-order valence-electron chi connectivity index (χ2n) is 7.04. The highest BCUT2D eigenvalue weighted by Gasteiger charge is 2.29. The van der Waals surface area contributed by atoms with Crippen molar-refractivity contribution < 1.29 is 9.53 Å². The summed E-state index contributed by atoms with van der Waals surface area (Å²) in [6, 6.07) is 12.1. The number of aromatic nitrogens is 4. The third-order valence-corrected chi connectivity index (χ3v) is 5.77. The first-order valence-corrected chi connectivity index (χ1v) is 10.5. The molecule has 29 heavy (non-hydrogen) atoms. The molecule has 1 aliphatic heterocycles. The summed E-state index contributed by atoms with van der Waals surface area (Å²) in [5.74, 6) is 0.647. The first kappa shape index (κ1) is 19.7. The van der Waals surface area contributed by atoms with E-state index in [0.29, 0.717) is 25.6 Å². The molecule has 3 aromatic rings. The molecule has 152 valence electrons. The summed E-state index contributed by atoms with van der Waals surface area (Å²) in [5, 5.41) is 16.4. The van der Waals surface area contributed by atoms with Crippen LogP contribution in [0.3, 0.4) is 0 Å². The molecule has 8 nitrogen and oxygen atoms in total. The molecule has 1 saturated heterocycles. The van der Waals surface area contributed by atoms with Gasteiger partial charge in [-0.2, -0.15) is 11.3 Å². The zero-order valence-electron chi connectivity index (χ0n) is 16.3. The normalized spacial score (nSPS) is 15.9. The Morgan fingerprint density at radius 2 is 2.03 bits per heavy atom. The summed E-state index contributed by atoms with van der Waals surface area (Å²) in [6.07, 6.45) is 0. The van der Waals surface area contributed by atoms with Crippen LogP contribution in [0.1, 0.15) is 23.0 Å². The molecule has 1 aromatic carbocycles. The average Bonchev–Trinajstić information content (AvgIpc) is 3.42. The number of benzene rings is 1. The van der Waals surface area contributed by atoms with Gasteiger partial charge >= 0.3 is 0 Å². The van der Waals surface area contributed by atoms with Gasteiger partial charge in [0.1, 0.15) is 6.54 Å². The van der Waals surface area contributed by atoms with E-state index in [2.05, 4.69) is 37.9 Å². The lowest BCUT2D eigenvalue weighted by molar-refractivity contribution is -0.131. The van der Waals surface area contributed by atoms with Gasteiger partial charge in [-0.15, -0.1) is 5.10 Å². The van der Waals surface area contributed by atoms with Crippen molar-refractivity contribution in [1.29, 1.82) is 0 Å². The minimum Gasteiger partial charge on any atom is -0.379 e. The number of morpholine rings is 1. The number of hydrogen-bond acceptors (Lipinski definition) is 7. The van der Waals surface area contributed by atoms with E-state index in [0.717, 1.165) is 24.2 Å². The lowest BCUT2D eigenvalue weighted by atomic mass is 10.0. The molecule has 0 spiro atoms. The Morgan fingerprint density at radius 1 is 1.24 bits per heavy atom. The molecule has 1 atom stereocenters. The largest absolute Gasteiger partial charge is 0.379 e. The van der Waals surface area contributed by atoms with Crippen molar-refractivity contribution in [3.63, 3.8) is 0 Å². The maximum Gasteiger partial charge on any atom is 0.244 e. The summed E-state index contributed by atoms with van der Waals surface area (Å²) >= 11 is 1.63. The Hall–Kier alpha value is -2.62. The van der Waals surface area contributed by atoms with Crippen molar-refractivity contribution in [3.8, 4) is 0 Å². The van der Waals surface area contributed by atoms with E-state index in [1.807, 2.05) is 29.6 Å². The highest BCUT2D eigenvalue weighted by atomic mass is 32.1. The van der Waals surface area contributed by atoms with Gasteiger partial charge in [0.2, 0.25) is 5.91 Å². The molecule has 3 heterocycles. The Balaban J connectivity index is 1.55. The van der Waals surface area contributed by atoms with E-state index in [9.17, 15) is 4.79 Å². The molecule has 0 radical (unpaired) electrons. The molecule has 1 amide bonds. The number of carbonyl (C=O) groups is 1. The third-order valence-electron chi connectivity index (χ3n) is 5.04. The van der Waals surface area contributed by atoms with Crippen molar-refractivity contribution in [3.05, 3.63) is 64.1 Å². The smallest absolute Gasteiger partial charge is 0.244 e. The van der Waals surface area contributed by atoms with Gasteiger partial charge in [-0.05, 0) is 38.4 Å². The minimum atomic E-state index is -0.120. The Morgan fingerprint density at radius 3 is 2.76 bits per heavy atom. The van der Waals surface area contributed by atoms with Gasteiger partial charge in [-0.1, -0.05) is 30.3 Å². The number of tetrazole rings is 1. The van der Waals surface area contributed by atoms with Crippen molar-refractivity contribution in [2.24, 2.45) is 0 Å². The molecule has 2 aromatic heterocycles. The van der Waals surface area contributed by atoms with Crippen LogP contribution >= 0.6 is 11.3 Å². The lowest BCUT2D eigenvalue weighted by Crippen LogP contribution is -2.41. The van der Waals surface area contributed by atoms with Gasteiger partial charge in [0.15, 0.2) is 5.82 Å². The first-order valence-electron chi connectivity index (χ1n) is 9.60. The molecule has 0 aliphatic carbocycles. The number of amides is 1. The molecule has 4 rings (SSSR count). The van der Waals surface area contributed by atoms with E-state index in [-0.39, 0.29) is 18.5 Å². The summed E-state index contributed by atoms with van der Waals surface area (Å²) < 4.78 is 7.14. The van der Waals surface area contributed by atoms with Crippen LogP contribution < -0.4 is 0 Å². The van der Waals surface area contributed by atoms with E-state index >= 15 is 0 Å². The molecule has 9 heteroatoms. The van der Waals surface area contributed by atoms with Crippen LogP contribution in [0.2, 0.25) is 0 Å². The number of thiophene rings is 1. The number of rotatable bonds is 7. The van der Waals surface area contributed by atoms with Gasteiger partial charge < -0.3 is 9.64 Å². The zero-order chi connectivity index (χ0) is 20.1. The number of likely N-dealkylation sites (N-methyl/N-ethyl adjacent to an activating group) is 1. The minimum absolute atomic E-state index is 0.0291. The molecule has 0 N–H and O–H groups in total. The van der Waals surface area contributed by atoms with Crippen LogP contribution in [0.5, 0.6) is 0 Å². The Kier molecular flexibility index (Phi) is 6.28. The SMILES string of the molecule is CN(Cc1ccsc1)C(=O)Cn1nnnc1[C@H](c1ccccc1)N1CCOCC1. The fourth-order valence-electron chi connectivity index (χ4n) is 3.51. The van der Waals surface area contributed by atoms with Crippen LogP contribution in [0.25, 0.3) is 0 Å². The molecule has 1 aliphatic rings. The summed E-state index contributed by atoms with van der Waals surface area (Å²) in [6.45, 7) is 3.61. The summed E-state index contributed by atoms with van der Waals surface area (Å²) in [5.41, 5.74) is 2.22. The van der Waals surface area contributed by atoms with Gasteiger partial charge in [-0.25, -0.2) is 4.68 Å². The molecular weight excluding hydrogens is 388 g/mol. The maximum atomic E-state index is 12.8. The predicted octanol–water partition coefficient (Wildman–Crippen LogP) is 1.81. The highest BCUT2D eigenvalue weighted by molar-refractivity contribution is 7.07. The molecule has 0 unspecified atom stereocenters. The van der Waals surface area contributed by atoms with Gasteiger partial charge in [-0.3, -0.25) is 9.69 Å². The number of carbonyl (C=O) groups excluding carboxylic acids is 1. The van der Waals surface area contributed by atoms with Crippen LogP contribution in [-0.2, 0) is 22.6 Å². The Labute approximate surface area is 173 Å². The summed E-state index contributed by atoms with van der Waals surface area (Å²) in [7, 11) is 1.81. The van der Waals surface area contributed by atoms with Crippen LogP contribution in [0.15, 0.2) is 47.2 Å². The number of hydrogen-bond donors (Lipinski definition) is 0. The van der Waals surface area contributed by atoms with Crippen LogP contribution in [0, 0.1) is 0 Å². The monoisotopic (exact) mass is 412 g/mol. The second kappa shape index (κ2) is 9.25. The van der Waals surface area contributed by atoms with Crippen molar-refractivity contribution in [2.45, 2.75) is 19.1 Å². The van der Waals surface area contributed by atoms with Crippen LogP contribution in [-0.4, -0.2) is 69.3 Å². The lowest BCUT2D eigenvalue weighted by Gasteiger charge is -2.34. The zero-order valence-corrected chi connectivity index (χ0v) is 17.2. The molecule has 0 saturated carbocycles. The van der Waals surface area contributed by atoms with Crippen molar-refractivity contribution >= 4 is 17.2 Å². The number of nitrogens with zero attached hydrogens (tertiary/aromatic N) is 6. The molecular formula is C20H24N6O2S. The number of ether oxygens (including phenoxy) is 1. The first-order chi connectivity index (χ1) is 14.2. The predicted molar refractivity (Wildman–Crippen MR) is 109 cm³/mol. The van der Waals surface area contributed by atoms with E-state index in [1.165, 1.54) is 0 Å². The van der Waals surface area contributed by atoms with E-state index in [4.69, 9.17) is 4.74 Å². The highest BCUT2D eigenvalue weighted by Crippen LogP contribution is 2.27. The van der Waals surface area contributed by atoms with Gasteiger partial charge in [0, 0.05) is 26.7 Å². The standard InChI is InChI=1S/C20H24N6O2S/c1-24(13-16-7-12-29-15-16)18(27)14-26-20(21-22-23-26)19(17-5-3-2-4-6-17)25-8-10-28-11-9-25/h2-7,12,15,19H,8-11,13-14H2,1H3/t19-/m0/s1. The Bertz CT molecular complexity index is 908. The summed E-state index contributed by atoms with van der Waals surface area (Å²) in [4.78, 5) is 16.8. The topological polar surface area (TPSA) is 76.4 Å². The van der Waals surface area contributed by atoms with Crippen molar-refractivity contribution in [2.75, 3.05) is 33.4 Å². The molecule has 0 bridgehead atoms. The fraction of sp³-hybridized carbons (Fsp3) is 0.400. The van der Waals surface area contributed by atoms with E-state index in [1.54, 1.807) is 28.0 Å². The van der Waals surface area contributed by atoms with E-state index < -0.39 is 0 Å². The molecule has 1 fully saturated rings. The fourth-order valence-corrected chi connectivity index (χ4v) is 4.17. The van der Waals surface area contributed by atoms with Crippen molar-refractivity contribution in [1.82, 2.24) is 30.0 Å². The maximum absolute atomic E-state index is 12.8. The third kappa shape index (κ3) is 4.69.